The molecule has 0 amide bonds. The van der Waals surface area contributed by atoms with E-state index in [4.69, 9.17) is 11.6 Å². The summed E-state index contributed by atoms with van der Waals surface area (Å²) < 4.78 is 3.25. The zero-order chi connectivity index (χ0) is 13.1. The highest BCUT2D eigenvalue weighted by Gasteiger charge is 2.08. The van der Waals surface area contributed by atoms with Gasteiger partial charge in [0.25, 0.3) is 5.56 Å². The van der Waals surface area contributed by atoms with Crippen LogP contribution in [0.4, 0.5) is 0 Å². The molecule has 0 aliphatic carbocycles. The molecule has 0 radical (unpaired) electrons. The number of halogens is 1. The maximum atomic E-state index is 11.7. The Morgan fingerprint density at radius 3 is 2.83 bits per heavy atom. The smallest absolute Gasteiger partial charge is 0.255 e. The predicted molar refractivity (Wildman–Crippen MR) is 67.5 cm³/mol. The minimum absolute atomic E-state index is 0.194. The second-order valence-corrected chi connectivity index (χ2v) is 4.82. The molecule has 18 heavy (non-hydrogen) atoms. The van der Waals surface area contributed by atoms with Crippen LogP contribution < -0.4 is 5.56 Å². The predicted octanol–water partition coefficient (Wildman–Crippen LogP) is 1.19. The molecule has 7 heteroatoms. The van der Waals surface area contributed by atoms with Crippen molar-refractivity contribution in [3.05, 3.63) is 40.1 Å². The second kappa shape index (κ2) is 5.30. The zero-order valence-electron chi connectivity index (χ0n) is 10.2. The lowest BCUT2D eigenvalue weighted by Gasteiger charge is -2.09. The van der Waals surface area contributed by atoms with Crippen LogP contribution in [0.2, 0.25) is 5.15 Å². The Hall–Kier alpha value is -1.69. The van der Waals surface area contributed by atoms with Crippen molar-refractivity contribution in [2.75, 3.05) is 0 Å². The molecule has 0 spiro atoms. The Balaban J connectivity index is 2.23. The van der Waals surface area contributed by atoms with Crippen LogP contribution in [0, 0.1) is 5.92 Å². The molecule has 0 N–H and O–H groups in total. The van der Waals surface area contributed by atoms with Gasteiger partial charge in [-0.25, -0.2) is 14.6 Å². The Kier molecular flexibility index (Phi) is 3.76. The fourth-order valence-corrected chi connectivity index (χ4v) is 1.72. The highest BCUT2D eigenvalue weighted by Crippen LogP contribution is 2.03. The first-order valence-electron chi connectivity index (χ1n) is 5.65. The van der Waals surface area contributed by atoms with Crippen LogP contribution in [0.1, 0.15) is 19.7 Å². The summed E-state index contributed by atoms with van der Waals surface area (Å²) in [4.78, 5) is 19.7. The highest BCUT2D eigenvalue weighted by atomic mass is 35.5. The number of aromatic nitrogens is 5. The van der Waals surface area contributed by atoms with E-state index in [0.717, 1.165) is 12.4 Å². The summed E-state index contributed by atoms with van der Waals surface area (Å²) >= 11 is 5.64. The molecule has 2 aromatic rings. The Morgan fingerprint density at radius 1 is 1.39 bits per heavy atom. The van der Waals surface area contributed by atoms with Crippen LogP contribution in [0.15, 0.2) is 23.5 Å². The van der Waals surface area contributed by atoms with E-state index in [9.17, 15) is 4.79 Å². The van der Waals surface area contributed by atoms with Crippen molar-refractivity contribution in [1.29, 1.82) is 0 Å². The topological polar surface area (TPSA) is 65.6 Å². The van der Waals surface area contributed by atoms with E-state index in [1.54, 1.807) is 4.68 Å². The first kappa shape index (κ1) is 12.8. The first-order valence-corrected chi connectivity index (χ1v) is 6.02. The van der Waals surface area contributed by atoms with Crippen molar-refractivity contribution in [2.45, 2.75) is 26.9 Å². The van der Waals surface area contributed by atoms with Gasteiger partial charge in [0, 0.05) is 12.6 Å². The van der Waals surface area contributed by atoms with Crippen molar-refractivity contribution in [3.63, 3.8) is 0 Å². The van der Waals surface area contributed by atoms with Gasteiger partial charge in [-0.3, -0.25) is 9.36 Å². The molecule has 0 aliphatic rings. The molecule has 0 aliphatic heterocycles. The molecular weight excluding hydrogens is 254 g/mol. The number of hydrogen-bond acceptors (Lipinski definition) is 4. The van der Waals surface area contributed by atoms with E-state index >= 15 is 0 Å². The zero-order valence-corrected chi connectivity index (χ0v) is 11.0. The molecule has 0 saturated heterocycles. The van der Waals surface area contributed by atoms with Crippen molar-refractivity contribution in [3.8, 4) is 0 Å². The summed E-state index contributed by atoms with van der Waals surface area (Å²) in [6.07, 6.45) is 2.91. The third-order valence-corrected chi connectivity index (χ3v) is 2.60. The van der Waals surface area contributed by atoms with Gasteiger partial charge < -0.3 is 0 Å². The molecule has 96 valence electrons. The first-order chi connectivity index (χ1) is 8.56. The van der Waals surface area contributed by atoms with Gasteiger partial charge >= 0.3 is 0 Å². The standard InChI is InChI=1S/C11H14ClN5O/c1-8(2)4-17-10(13-6-15-17)5-16-7-14-9(12)3-11(16)18/h3,6-8H,4-5H2,1-2H3. The van der Waals surface area contributed by atoms with Crippen LogP contribution in [-0.2, 0) is 13.1 Å². The van der Waals surface area contributed by atoms with Crippen molar-refractivity contribution in [1.82, 2.24) is 24.3 Å². The molecule has 0 aromatic carbocycles. The summed E-state index contributed by atoms with van der Waals surface area (Å²) in [5.41, 5.74) is -0.200. The number of hydrogen-bond donors (Lipinski definition) is 0. The molecule has 0 bridgehead atoms. The largest absolute Gasteiger partial charge is 0.291 e. The quantitative estimate of drug-likeness (QED) is 0.781. The van der Waals surface area contributed by atoms with Crippen LogP contribution in [0.5, 0.6) is 0 Å². The average Bonchev–Trinajstić information content (AvgIpc) is 2.69. The van der Waals surface area contributed by atoms with E-state index in [-0.39, 0.29) is 10.7 Å². The molecule has 2 heterocycles. The second-order valence-electron chi connectivity index (χ2n) is 4.43. The molecule has 2 aromatic heterocycles. The van der Waals surface area contributed by atoms with Gasteiger partial charge in [-0.05, 0) is 5.92 Å². The molecule has 0 unspecified atom stereocenters. The van der Waals surface area contributed by atoms with E-state index in [0.29, 0.717) is 12.5 Å². The summed E-state index contributed by atoms with van der Waals surface area (Å²) in [7, 11) is 0. The number of nitrogens with zero attached hydrogens (tertiary/aromatic N) is 5. The van der Waals surface area contributed by atoms with E-state index < -0.39 is 0 Å². The number of rotatable bonds is 4. The lowest BCUT2D eigenvalue weighted by molar-refractivity contribution is 0.459. The summed E-state index contributed by atoms with van der Waals surface area (Å²) in [6.45, 7) is 5.31. The van der Waals surface area contributed by atoms with Crippen LogP contribution in [0.3, 0.4) is 0 Å². The Bertz CT molecular complexity index is 589. The summed E-state index contributed by atoms with van der Waals surface area (Å²) in [5.74, 6) is 1.19. The van der Waals surface area contributed by atoms with Gasteiger partial charge in [0.2, 0.25) is 0 Å². The van der Waals surface area contributed by atoms with Gasteiger partial charge in [0.1, 0.15) is 17.3 Å². The molecule has 0 fully saturated rings. The summed E-state index contributed by atoms with van der Waals surface area (Å²) in [5, 5.41) is 4.34. The lowest BCUT2D eigenvalue weighted by Crippen LogP contribution is -2.22. The van der Waals surface area contributed by atoms with Gasteiger partial charge in [0.15, 0.2) is 0 Å². The fourth-order valence-electron chi connectivity index (χ4n) is 1.58. The summed E-state index contributed by atoms with van der Waals surface area (Å²) in [6, 6.07) is 1.28. The normalized spacial score (nSPS) is 11.1. The highest BCUT2D eigenvalue weighted by molar-refractivity contribution is 6.29. The van der Waals surface area contributed by atoms with Crippen molar-refractivity contribution in [2.24, 2.45) is 5.92 Å². The molecule has 2 rings (SSSR count). The molecule has 6 nitrogen and oxygen atoms in total. The average molecular weight is 268 g/mol. The monoisotopic (exact) mass is 267 g/mol. The van der Waals surface area contributed by atoms with E-state index in [1.807, 2.05) is 0 Å². The SMILES string of the molecule is CC(C)Cn1ncnc1Cn1cnc(Cl)cc1=O. The van der Waals surface area contributed by atoms with Gasteiger partial charge in [0.05, 0.1) is 12.9 Å². The van der Waals surface area contributed by atoms with Crippen molar-refractivity contribution < 1.29 is 0 Å². The fraction of sp³-hybridized carbons (Fsp3) is 0.455. The Morgan fingerprint density at radius 2 is 2.17 bits per heavy atom. The van der Waals surface area contributed by atoms with Crippen LogP contribution in [0.25, 0.3) is 0 Å². The maximum Gasteiger partial charge on any atom is 0.255 e. The minimum Gasteiger partial charge on any atom is -0.291 e. The molecular formula is C11H14ClN5O. The third-order valence-electron chi connectivity index (χ3n) is 2.39. The van der Waals surface area contributed by atoms with E-state index in [1.165, 1.54) is 23.3 Å². The van der Waals surface area contributed by atoms with Gasteiger partial charge in [-0.2, -0.15) is 5.10 Å². The third kappa shape index (κ3) is 2.95. The van der Waals surface area contributed by atoms with Crippen LogP contribution >= 0.6 is 11.6 Å². The molecule has 0 saturated carbocycles. The van der Waals surface area contributed by atoms with E-state index in [2.05, 4.69) is 28.9 Å². The molecule has 0 atom stereocenters. The Labute approximate surface area is 109 Å². The van der Waals surface area contributed by atoms with Gasteiger partial charge in [-0.1, -0.05) is 25.4 Å². The lowest BCUT2D eigenvalue weighted by atomic mass is 10.2. The maximum absolute atomic E-state index is 11.7. The van der Waals surface area contributed by atoms with Crippen molar-refractivity contribution >= 4 is 11.6 Å². The van der Waals surface area contributed by atoms with Crippen LogP contribution in [-0.4, -0.2) is 24.3 Å². The van der Waals surface area contributed by atoms with Gasteiger partial charge in [-0.15, -0.1) is 0 Å². The minimum atomic E-state index is -0.200.